The molecule has 0 spiro atoms. The number of hydrogen-bond donors (Lipinski definition) is 1. The minimum atomic E-state index is -0.0259. The SMILES string of the molecule is Cc1ccnc(NC(=O)C2CCN(c3nc(-c4ccccn4)nc(C)c3C)CC2)c1. The molecule has 1 aliphatic heterocycles. The zero-order chi connectivity index (χ0) is 21.1. The van der Waals surface area contributed by atoms with Crippen molar-refractivity contribution in [1.29, 1.82) is 0 Å². The highest BCUT2D eigenvalue weighted by Crippen LogP contribution is 2.28. The van der Waals surface area contributed by atoms with E-state index in [1.807, 2.05) is 44.2 Å². The lowest BCUT2D eigenvalue weighted by Crippen LogP contribution is -2.39. The minimum absolute atomic E-state index is 0.0259. The monoisotopic (exact) mass is 402 g/mol. The van der Waals surface area contributed by atoms with Gasteiger partial charge in [-0.25, -0.2) is 15.0 Å². The minimum Gasteiger partial charge on any atom is -0.356 e. The Bertz CT molecular complexity index is 1040. The summed E-state index contributed by atoms with van der Waals surface area (Å²) in [4.78, 5) is 33.0. The van der Waals surface area contributed by atoms with Crippen LogP contribution in [0, 0.1) is 26.7 Å². The van der Waals surface area contributed by atoms with Gasteiger partial charge < -0.3 is 10.2 Å². The molecular formula is C23H26N6O. The Labute approximate surface area is 176 Å². The van der Waals surface area contributed by atoms with E-state index in [0.717, 1.165) is 54.3 Å². The van der Waals surface area contributed by atoms with E-state index >= 15 is 0 Å². The third-order valence-corrected chi connectivity index (χ3v) is 5.59. The second-order valence-electron chi connectivity index (χ2n) is 7.77. The van der Waals surface area contributed by atoms with Crippen LogP contribution in [0.5, 0.6) is 0 Å². The molecule has 7 heteroatoms. The number of amides is 1. The smallest absolute Gasteiger partial charge is 0.228 e. The number of hydrogen-bond acceptors (Lipinski definition) is 6. The number of rotatable bonds is 4. The summed E-state index contributed by atoms with van der Waals surface area (Å²) in [5, 5.41) is 2.96. The summed E-state index contributed by atoms with van der Waals surface area (Å²) in [6, 6.07) is 9.55. The Morgan fingerprint density at radius 1 is 1.03 bits per heavy atom. The highest BCUT2D eigenvalue weighted by molar-refractivity contribution is 5.91. The molecule has 1 fully saturated rings. The third-order valence-electron chi connectivity index (χ3n) is 5.59. The standard InChI is InChI=1S/C23H26N6O/c1-15-7-11-25-20(14-15)27-23(30)18-8-12-29(13-9-18)22-16(2)17(3)26-21(28-22)19-6-4-5-10-24-19/h4-7,10-11,14,18H,8-9,12-13H2,1-3H3,(H,25,27,30). The maximum absolute atomic E-state index is 12.7. The predicted octanol–water partition coefficient (Wildman–Crippen LogP) is 3.71. The first-order valence-electron chi connectivity index (χ1n) is 10.3. The number of nitrogens with zero attached hydrogens (tertiary/aromatic N) is 5. The summed E-state index contributed by atoms with van der Waals surface area (Å²) in [5.74, 6) is 2.20. The Kier molecular flexibility index (Phi) is 5.70. The summed E-state index contributed by atoms with van der Waals surface area (Å²) in [6.45, 7) is 7.59. The second kappa shape index (κ2) is 8.57. The summed E-state index contributed by atoms with van der Waals surface area (Å²) in [5.41, 5.74) is 3.86. The molecular weight excluding hydrogens is 376 g/mol. The molecule has 0 atom stereocenters. The molecule has 0 saturated carbocycles. The lowest BCUT2D eigenvalue weighted by atomic mass is 9.95. The molecule has 0 aliphatic carbocycles. The number of carbonyl (C=O) groups excluding carboxylic acids is 1. The van der Waals surface area contributed by atoms with Gasteiger partial charge in [-0.2, -0.15) is 0 Å². The lowest BCUT2D eigenvalue weighted by Gasteiger charge is -2.33. The Morgan fingerprint density at radius 3 is 2.53 bits per heavy atom. The summed E-state index contributed by atoms with van der Waals surface area (Å²) < 4.78 is 0. The van der Waals surface area contributed by atoms with Crippen molar-refractivity contribution in [3.63, 3.8) is 0 Å². The molecule has 1 aliphatic rings. The second-order valence-corrected chi connectivity index (χ2v) is 7.77. The zero-order valence-corrected chi connectivity index (χ0v) is 17.6. The van der Waals surface area contributed by atoms with E-state index in [-0.39, 0.29) is 11.8 Å². The molecule has 3 aromatic heterocycles. The topological polar surface area (TPSA) is 83.9 Å². The van der Waals surface area contributed by atoms with Crippen molar-refractivity contribution in [2.75, 3.05) is 23.3 Å². The van der Waals surface area contributed by atoms with Crippen LogP contribution in [0.3, 0.4) is 0 Å². The van der Waals surface area contributed by atoms with Gasteiger partial charge in [0.05, 0.1) is 0 Å². The molecule has 3 aromatic rings. The van der Waals surface area contributed by atoms with E-state index in [2.05, 4.69) is 32.1 Å². The van der Waals surface area contributed by atoms with Gasteiger partial charge in [-0.15, -0.1) is 0 Å². The molecule has 4 heterocycles. The van der Waals surface area contributed by atoms with Crippen LogP contribution in [-0.2, 0) is 4.79 Å². The molecule has 0 radical (unpaired) electrons. The van der Waals surface area contributed by atoms with Crippen molar-refractivity contribution in [1.82, 2.24) is 19.9 Å². The first-order valence-corrected chi connectivity index (χ1v) is 10.3. The van der Waals surface area contributed by atoms with Gasteiger partial charge in [0, 0.05) is 42.7 Å². The van der Waals surface area contributed by atoms with Crippen LogP contribution >= 0.6 is 0 Å². The zero-order valence-electron chi connectivity index (χ0n) is 17.6. The van der Waals surface area contributed by atoms with Crippen molar-refractivity contribution in [3.05, 3.63) is 59.5 Å². The lowest BCUT2D eigenvalue weighted by molar-refractivity contribution is -0.120. The number of nitrogens with one attached hydrogen (secondary N) is 1. The molecule has 0 bridgehead atoms. The van der Waals surface area contributed by atoms with E-state index in [1.165, 1.54) is 0 Å². The van der Waals surface area contributed by atoms with E-state index in [1.54, 1.807) is 12.4 Å². The fourth-order valence-corrected chi connectivity index (χ4v) is 3.72. The molecule has 1 amide bonds. The number of carbonyl (C=O) groups is 1. The maximum Gasteiger partial charge on any atom is 0.228 e. The first-order chi connectivity index (χ1) is 14.5. The summed E-state index contributed by atoms with van der Waals surface area (Å²) >= 11 is 0. The van der Waals surface area contributed by atoms with Gasteiger partial charge in [-0.1, -0.05) is 6.07 Å². The summed E-state index contributed by atoms with van der Waals surface area (Å²) in [6.07, 6.45) is 5.02. The van der Waals surface area contributed by atoms with E-state index in [9.17, 15) is 4.79 Å². The number of piperidine rings is 1. The van der Waals surface area contributed by atoms with Gasteiger partial charge in [0.2, 0.25) is 5.91 Å². The normalized spacial score (nSPS) is 14.6. The van der Waals surface area contributed by atoms with Crippen LogP contribution in [-0.4, -0.2) is 38.9 Å². The van der Waals surface area contributed by atoms with Crippen LogP contribution in [0.15, 0.2) is 42.7 Å². The van der Waals surface area contributed by atoms with Gasteiger partial charge in [-0.05, 0) is 63.4 Å². The predicted molar refractivity (Wildman–Crippen MR) is 117 cm³/mol. The van der Waals surface area contributed by atoms with Crippen LogP contribution in [0.25, 0.3) is 11.5 Å². The molecule has 154 valence electrons. The molecule has 0 aromatic carbocycles. The highest BCUT2D eigenvalue weighted by atomic mass is 16.1. The van der Waals surface area contributed by atoms with Crippen molar-refractivity contribution >= 4 is 17.5 Å². The van der Waals surface area contributed by atoms with Gasteiger partial charge in [0.25, 0.3) is 0 Å². The van der Waals surface area contributed by atoms with E-state index in [0.29, 0.717) is 11.6 Å². The third kappa shape index (κ3) is 4.30. The van der Waals surface area contributed by atoms with Crippen molar-refractivity contribution in [2.24, 2.45) is 5.92 Å². The van der Waals surface area contributed by atoms with Crippen LogP contribution in [0.1, 0.15) is 29.7 Å². The quantitative estimate of drug-likeness (QED) is 0.716. The Balaban J connectivity index is 1.46. The van der Waals surface area contributed by atoms with Crippen molar-refractivity contribution in [2.45, 2.75) is 33.6 Å². The number of pyridine rings is 2. The average molecular weight is 403 g/mol. The van der Waals surface area contributed by atoms with E-state index in [4.69, 9.17) is 4.98 Å². The summed E-state index contributed by atoms with van der Waals surface area (Å²) in [7, 11) is 0. The van der Waals surface area contributed by atoms with Crippen molar-refractivity contribution < 1.29 is 4.79 Å². The largest absolute Gasteiger partial charge is 0.356 e. The molecule has 7 nitrogen and oxygen atoms in total. The van der Waals surface area contributed by atoms with Gasteiger partial charge in [0.1, 0.15) is 17.3 Å². The van der Waals surface area contributed by atoms with Gasteiger partial charge in [-0.3, -0.25) is 9.78 Å². The molecule has 30 heavy (non-hydrogen) atoms. The molecule has 1 N–H and O–H groups in total. The number of anilines is 2. The highest BCUT2D eigenvalue weighted by Gasteiger charge is 2.27. The number of aryl methyl sites for hydroxylation is 2. The molecule has 4 rings (SSSR count). The average Bonchev–Trinajstić information content (AvgIpc) is 2.76. The van der Waals surface area contributed by atoms with Gasteiger partial charge in [0.15, 0.2) is 5.82 Å². The van der Waals surface area contributed by atoms with E-state index < -0.39 is 0 Å². The van der Waals surface area contributed by atoms with Crippen LogP contribution in [0.2, 0.25) is 0 Å². The van der Waals surface area contributed by atoms with Crippen LogP contribution < -0.4 is 10.2 Å². The van der Waals surface area contributed by atoms with Crippen molar-refractivity contribution in [3.8, 4) is 11.5 Å². The van der Waals surface area contributed by atoms with Gasteiger partial charge >= 0.3 is 0 Å². The number of aromatic nitrogens is 4. The fraction of sp³-hybridized carbons (Fsp3) is 0.348. The van der Waals surface area contributed by atoms with Crippen LogP contribution in [0.4, 0.5) is 11.6 Å². The molecule has 0 unspecified atom stereocenters. The fourth-order valence-electron chi connectivity index (χ4n) is 3.72. The Morgan fingerprint density at radius 2 is 1.83 bits per heavy atom. The Hall–Kier alpha value is -3.35. The first kappa shape index (κ1) is 19.9. The maximum atomic E-state index is 12.7. The molecule has 1 saturated heterocycles.